The van der Waals surface area contributed by atoms with Crippen molar-refractivity contribution >= 4 is 5.91 Å². The normalized spacial score (nSPS) is 10.3. The Bertz CT molecular complexity index is 165. The lowest BCUT2D eigenvalue weighted by Crippen LogP contribution is -2.35. The summed E-state index contributed by atoms with van der Waals surface area (Å²) in [6.07, 6.45) is 0.850. The summed E-state index contributed by atoms with van der Waals surface area (Å²) in [7, 11) is 1.79. The zero-order valence-electron chi connectivity index (χ0n) is 9.66. The standard InChI is InChI=1S/C10H22N2O3/c1-3-12(2)10(14)9-11-5-4-7-15-8-6-13/h11,13H,3-9H2,1-2H3. The Morgan fingerprint density at radius 1 is 1.47 bits per heavy atom. The second kappa shape index (κ2) is 9.89. The van der Waals surface area contributed by atoms with Crippen LogP contribution in [0.3, 0.4) is 0 Å². The van der Waals surface area contributed by atoms with Crippen LogP contribution in [0.5, 0.6) is 0 Å². The fourth-order valence-corrected chi connectivity index (χ4v) is 0.972. The van der Waals surface area contributed by atoms with E-state index in [1.165, 1.54) is 0 Å². The molecule has 1 amide bonds. The zero-order chi connectivity index (χ0) is 11.5. The molecule has 0 bridgehead atoms. The van der Waals surface area contributed by atoms with Crippen molar-refractivity contribution in [2.45, 2.75) is 13.3 Å². The fourth-order valence-electron chi connectivity index (χ4n) is 0.972. The number of aliphatic hydroxyl groups is 1. The third-order valence-electron chi connectivity index (χ3n) is 2.05. The van der Waals surface area contributed by atoms with Gasteiger partial charge >= 0.3 is 0 Å². The number of rotatable bonds is 9. The van der Waals surface area contributed by atoms with Crippen LogP contribution in [0.4, 0.5) is 0 Å². The van der Waals surface area contributed by atoms with Gasteiger partial charge in [-0.25, -0.2) is 0 Å². The van der Waals surface area contributed by atoms with Gasteiger partial charge in [0.25, 0.3) is 0 Å². The maximum atomic E-state index is 11.3. The van der Waals surface area contributed by atoms with Gasteiger partial charge < -0.3 is 20.1 Å². The number of ether oxygens (including phenoxy) is 1. The maximum Gasteiger partial charge on any atom is 0.236 e. The van der Waals surface area contributed by atoms with Crippen LogP contribution in [0.2, 0.25) is 0 Å². The number of aliphatic hydroxyl groups excluding tert-OH is 1. The molecule has 0 aliphatic carbocycles. The van der Waals surface area contributed by atoms with Crippen LogP contribution in [0.1, 0.15) is 13.3 Å². The first-order valence-corrected chi connectivity index (χ1v) is 5.35. The van der Waals surface area contributed by atoms with Crippen molar-refractivity contribution in [3.8, 4) is 0 Å². The number of hydrogen-bond acceptors (Lipinski definition) is 4. The smallest absolute Gasteiger partial charge is 0.236 e. The number of hydrogen-bond donors (Lipinski definition) is 2. The fraction of sp³-hybridized carbons (Fsp3) is 0.900. The van der Waals surface area contributed by atoms with Gasteiger partial charge in [0.1, 0.15) is 0 Å². The summed E-state index contributed by atoms with van der Waals surface area (Å²) < 4.78 is 5.07. The summed E-state index contributed by atoms with van der Waals surface area (Å²) in [4.78, 5) is 13.0. The molecule has 5 nitrogen and oxygen atoms in total. The predicted octanol–water partition coefficient (Wildman–Crippen LogP) is -0.547. The highest BCUT2D eigenvalue weighted by molar-refractivity contribution is 5.77. The number of carbonyl (C=O) groups is 1. The van der Waals surface area contributed by atoms with Gasteiger partial charge in [-0.2, -0.15) is 0 Å². The van der Waals surface area contributed by atoms with Crippen LogP contribution in [-0.2, 0) is 9.53 Å². The predicted molar refractivity (Wildman–Crippen MR) is 58.7 cm³/mol. The van der Waals surface area contributed by atoms with Crippen LogP contribution in [0.15, 0.2) is 0 Å². The van der Waals surface area contributed by atoms with E-state index in [1.807, 2.05) is 6.92 Å². The quantitative estimate of drug-likeness (QED) is 0.510. The molecule has 0 heterocycles. The number of amides is 1. The summed E-state index contributed by atoms with van der Waals surface area (Å²) in [6, 6.07) is 0. The second-order valence-electron chi connectivity index (χ2n) is 3.27. The van der Waals surface area contributed by atoms with E-state index in [0.29, 0.717) is 19.8 Å². The number of nitrogens with one attached hydrogen (secondary N) is 1. The first-order valence-electron chi connectivity index (χ1n) is 5.35. The van der Waals surface area contributed by atoms with Crippen molar-refractivity contribution in [1.29, 1.82) is 0 Å². The van der Waals surface area contributed by atoms with Crippen molar-refractivity contribution in [3.05, 3.63) is 0 Å². The van der Waals surface area contributed by atoms with Crippen molar-refractivity contribution < 1.29 is 14.6 Å². The summed E-state index contributed by atoms with van der Waals surface area (Å²) >= 11 is 0. The van der Waals surface area contributed by atoms with Gasteiger partial charge in [-0.1, -0.05) is 0 Å². The Labute approximate surface area is 91.4 Å². The molecule has 2 N–H and O–H groups in total. The number of likely N-dealkylation sites (N-methyl/N-ethyl adjacent to an activating group) is 1. The lowest BCUT2D eigenvalue weighted by Gasteiger charge is -2.14. The van der Waals surface area contributed by atoms with E-state index in [9.17, 15) is 4.79 Å². The zero-order valence-corrected chi connectivity index (χ0v) is 9.66. The van der Waals surface area contributed by atoms with E-state index in [1.54, 1.807) is 11.9 Å². The molecule has 0 aliphatic rings. The molecule has 0 aromatic carbocycles. The van der Waals surface area contributed by atoms with Gasteiger partial charge in [-0.3, -0.25) is 4.79 Å². The molecule has 5 heteroatoms. The lowest BCUT2D eigenvalue weighted by atomic mass is 10.4. The molecular formula is C10H22N2O3. The van der Waals surface area contributed by atoms with Crippen LogP contribution in [0, 0.1) is 0 Å². The van der Waals surface area contributed by atoms with E-state index >= 15 is 0 Å². The molecule has 0 aromatic rings. The van der Waals surface area contributed by atoms with Crippen LogP contribution < -0.4 is 5.32 Å². The average molecular weight is 218 g/mol. The lowest BCUT2D eigenvalue weighted by molar-refractivity contribution is -0.128. The molecule has 15 heavy (non-hydrogen) atoms. The van der Waals surface area contributed by atoms with E-state index in [4.69, 9.17) is 9.84 Å². The van der Waals surface area contributed by atoms with E-state index < -0.39 is 0 Å². The Morgan fingerprint density at radius 2 is 2.20 bits per heavy atom. The highest BCUT2D eigenvalue weighted by Crippen LogP contribution is 1.83. The minimum absolute atomic E-state index is 0.0627. The first-order chi connectivity index (χ1) is 7.22. The highest BCUT2D eigenvalue weighted by Gasteiger charge is 2.04. The minimum atomic E-state index is 0.0627. The van der Waals surface area contributed by atoms with Gasteiger partial charge in [0.05, 0.1) is 19.8 Å². The third kappa shape index (κ3) is 8.35. The molecule has 0 unspecified atom stereocenters. The van der Waals surface area contributed by atoms with Crippen molar-refractivity contribution in [3.63, 3.8) is 0 Å². The van der Waals surface area contributed by atoms with Gasteiger partial charge in [0, 0.05) is 20.2 Å². The Kier molecular flexibility index (Phi) is 9.46. The molecule has 0 aromatic heterocycles. The molecule has 0 saturated carbocycles. The van der Waals surface area contributed by atoms with Crippen LogP contribution in [0.25, 0.3) is 0 Å². The van der Waals surface area contributed by atoms with Gasteiger partial charge in [0.15, 0.2) is 0 Å². The minimum Gasteiger partial charge on any atom is -0.394 e. The summed E-state index contributed by atoms with van der Waals surface area (Å²) in [5.41, 5.74) is 0. The second-order valence-corrected chi connectivity index (χ2v) is 3.27. The largest absolute Gasteiger partial charge is 0.394 e. The summed E-state index contributed by atoms with van der Waals surface area (Å²) in [5, 5.41) is 11.5. The number of carbonyl (C=O) groups excluding carboxylic acids is 1. The molecule has 0 fully saturated rings. The van der Waals surface area contributed by atoms with Crippen molar-refractivity contribution in [2.75, 3.05) is 46.5 Å². The Hall–Kier alpha value is -0.650. The molecule has 0 radical (unpaired) electrons. The van der Waals surface area contributed by atoms with Gasteiger partial charge in [-0.15, -0.1) is 0 Å². The highest BCUT2D eigenvalue weighted by atomic mass is 16.5. The van der Waals surface area contributed by atoms with Crippen LogP contribution in [-0.4, -0.2) is 62.4 Å². The molecule has 90 valence electrons. The van der Waals surface area contributed by atoms with Gasteiger partial charge in [0.2, 0.25) is 5.91 Å². The molecular weight excluding hydrogens is 196 g/mol. The van der Waals surface area contributed by atoms with E-state index in [-0.39, 0.29) is 12.5 Å². The van der Waals surface area contributed by atoms with E-state index in [2.05, 4.69) is 5.32 Å². The van der Waals surface area contributed by atoms with Gasteiger partial charge in [-0.05, 0) is 19.9 Å². The van der Waals surface area contributed by atoms with Crippen LogP contribution >= 0.6 is 0 Å². The molecule has 0 rings (SSSR count). The molecule has 0 spiro atoms. The van der Waals surface area contributed by atoms with Crippen molar-refractivity contribution in [1.82, 2.24) is 10.2 Å². The average Bonchev–Trinajstić information content (AvgIpc) is 2.26. The van der Waals surface area contributed by atoms with Crippen molar-refractivity contribution in [2.24, 2.45) is 0 Å². The molecule has 0 saturated heterocycles. The SMILES string of the molecule is CCN(C)C(=O)CNCCCOCCO. The summed E-state index contributed by atoms with van der Waals surface area (Å²) in [5.74, 6) is 0.105. The maximum absolute atomic E-state index is 11.3. The third-order valence-corrected chi connectivity index (χ3v) is 2.05. The number of nitrogens with zero attached hydrogens (tertiary/aromatic N) is 1. The molecule has 0 aliphatic heterocycles. The summed E-state index contributed by atoms with van der Waals surface area (Å²) in [6.45, 7) is 4.88. The topological polar surface area (TPSA) is 61.8 Å². The molecule has 0 atom stereocenters. The Balaban J connectivity index is 3.20. The first kappa shape index (κ1) is 14.3. The Morgan fingerprint density at radius 3 is 2.80 bits per heavy atom. The van der Waals surface area contributed by atoms with E-state index in [0.717, 1.165) is 19.5 Å². The monoisotopic (exact) mass is 218 g/mol.